The minimum absolute atomic E-state index is 0.565. The predicted molar refractivity (Wildman–Crippen MR) is 59.9 cm³/mol. The molecule has 0 aromatic heterocycles. The van der Waals surface area contributed by atoms with Crippen LogP contribution in [0.3, 0.4) is 0 Å². The van der Waals surface area contributed by atoms with E-state index < -0.39 is 0 Å². The molecule has 0 spiro atoms. The molecule has 3 rings (SSSR count). The first-order chi connectivity index (χ1) is 6.93. The summed E-state index contributed by atoms with van der Waals surface area (Å²) < 4.78 is 0. The Morgan fingerprint density at radius 3 is 1.71 bits per heavy atom. The summed E-state index contributed by atoms with van der Waals surface area (Å²) in [5.74, 6) is 1.13. The summed E-state index contributed by atoms with van der Waals surface area (Å²) >= 11 is 0. The number of hydrogen-bond acceptors (Lipinski definition) is 0. The smallest absolute Gasteiger partial charge is 0.00569 e. The fraction of sp³-hybridized carbons (Fsp3) is 0.143. The van der Waals surface area contributed by atoms with Crippen LogP contribution in [0, 0.1) is 11.8 Å². The minimum Gasteiger partial charge on any atom is -0.0767 e. The van der Waals surface area contributed by atoms with Gasteiger partial charge in [0.25, 0.3) is 0 Å². The van der Waals surface area contributed by atoms with E-state index in [9.17, 15) is 0 Å². The van der Waals surface area contributed by atoms with Gasteiger partial charge in [-0.15, -0.1) is 0 Å². The highest BCUT2D eigenvalue weighted by Gasteiger charge is 2.15. The van der Waals surface area contributed by atoms with Crippen LogP contribution in [0.5, 0.6) is 0 Å². The van der Waals surface area contributed by atoms with E-state index in [4.69, 9.17) is 0 Å². The maximum Gasteiger partial charge on any atom is 0.00569 e. The van der Waals surface area contributed by atoms with Crippen LogP contribution < -0.4 is 10.4 Å². The molecule has 0 fully saturated rings. The lowest BCUT2D eigenvalue weighted by Gasteiger charge is -2.20. The van der Waals surface area contributed by atoms with Crippen molar-refractivity contribution >= 4 is 12.2 Å². The van der Waals surface area contributed by atoms with E-state index in [1.165, 1.54) is 10.4 Å². The number of benzene rings is 1. The van der Waals surface area contributed by atoms with Crippen LogP contribution in [0.4, 0.5) is 0 Å². The third-order valence-corrected chi connectivity index (χ3v) is 2.96. The second kappa shape index (κ2) is 2.98. The SMILES string of the molecule is C1=CC2C=c3ccccc3=CC2C=C1. The first-order valence-electron chi connectivity index (χ1n) is 5.07. The lowest BCUT2D eigenvalue weighted by molar-refractivity contribution is 0.723. The van der Waals surface area contributed by atoms with Crippen LogP contribution in [0.15, 0.2) is 48.6 Å². The van der Waals surface area contributed by atoms with Crippen LogP contribution >= 0.6 is 0 Å². The molecule has 0 amide bonds. The molecule has 1 aromatic rings. The van der Waals surface area contributed by atoms with Gasteiger partial charge in [-0.25, -0.2) is 0 Å². The largest absolute Gasteiger partial charge is 0.0767 e. The Labute approximate surface area is 83.6 Å². The van der Waals surface area contributed by atoms with Gasteiger partial charge in [-0.1, -0.05) is 60.7 Å². The minimum atomic E-state index is 0.565. The van der Waals surface area contributed by atoms with Crippen molar-refractivity contribution in [3.8, 4) is 0 Å². The molecule has 0 saturated heterocycles. The van der Waals surface area contributed by atoms with Crippen molar-refractivity contribution in [2.24, 2.45) is 11.8 Å². The highest BCUT2D eigenvalue weighted by Crippen LogP contribution is 2.23. The molecule has 0 radical (unpaired) electrons. The average Bonchev–Trinajstić information content (AvgIpc) is 2.26. The molecule has 0 heterocycles. The molecule has 2 aliphatic rings. The van der Waals surface area contributed by atoms with Crippen LogP contribution in [0.25, 0.3) is 12.2 Å². The Kier molecular flexibility index (Phi) is 1.66. The van der Waals surface area contributed by atoms with Gasteiger partial charge in [0.1, 0.15) is 0 Å². The number of rotatable bonds is 0. The summed E-state index contributed by atoms with van der Waals surface area (Å²) in [6, 6.07) is 8.58. The lowest BCUT2D eigenvalue weighted by atomic mass is 9.84. The second-order valence-electron chi connectivity index (χ2n) is 3.89. The van der Waals surface area contributed by atoms with Gasteiger partial charge in [-0.05, 0) is 10.4 Å². The monoisotopic (exact) mass is 180 g/mol. The van der Waals surface area contributed by atoms with Gasteiger partial charge >= 0.3 is 0 Å². The van der Waals surface area contributed by atoms with E-state index in [0.29, 0.717) is 11.8 Å². The van der Waals surface area contributed by atoms with E-state index in [1.807, 2.05) is 0 Å². The van der Waals surface area contributed by atoms with E-state index in [2.05, 4.69) is 60.7 Å². The quantitative estimate of drug-likeness (QED) is 0.569. The van der Waals surface area contributed by atoms with Gasteiger partial charge in [0.2, 0.25) is 0 Å². The predicted octanol–water partition coefficient (Wildman–Crippen LogP) is 1.62. The molecular formula is C14H12. The molecule has 1 aromatic carbocycles. The van der Waals surface area contributed by atoms with Crippen LogP contribution in [0.2, 0.25) is 0 Å². The van der Waals surface area contributed by atoms with E-state index in [1.54, 1.807) is 0 Å². The van der Waals surface area contributed by atoms with E-state index in [0.717, 1.165) is 0 Å². The van der Waals surface area contributed by atoms with Crippen LogP contribution in [-0.4, -0.2) is 0 Å². The maximum atomic E-state index is 2.36. The molecule has 2 aliphatic carbocycles. The normalized spacial score (nSPS) is 27.1. The standard InChI is InChI=1S/C14H12/c1-2-6-12-10-14-8-4-3-7-13(14)9-11(12)5-1/h1-12H. The molecule has 0 nitrogen and oxygen atoms in total. The molecule has 68 valence electrons. The molecule has 0 N–H and O–H groups in total. The summed E-state index contributed by atoms with van der Waals surface area (Å²) in [4.78, 5) is 0. The molecule has 2 unspecified atom stereocenters. The molecule has 14 heavy (non-hydrogen) atoms. The Morgan fingerprint density at radius 2 is 1.21 bits per heavy atom. The van der Waals surface area contributed by atoms with Gasteiger partial charge in [-0.2, -0.15) is 0 Å². The van der Waals surface area contributed by atoms with Crippen LogP contribution in [-0.2, 0) is 0 Å². The first-order valence-corrected chi connectivity index (χ1v) is 5.07. The fourth-order valence-corrected chi connectivity index (χ4v) is 2.20. The van der Waals surface area contributed by atoms with Gasteiger partial charge in [0.05, 0.1) is 0 Å². The van der Waals surface area contributed by atoms with E-state index in [-0.39, 0.29) is 0 Å². The molecule has 0 saturated carbocycles. The van der Waals surface area contributed by atoms with Crippen molar-refractivity contribution in [3.63, 3.8) is 0 Å². The van der Waals surface area contributed by atoms with Crippen molar-refractivity contribution < 1.29 is 0 Å². The lowest BCUT2D eigenvalue weighted by Crippen LogP contribution is -2.31. The summed E-state index contributed by atoms with van der Waals surface area (Å²) in [5.41, 5.74) is 0. The number of allylic oxidation sites excluding steroid dienone is 4. The molecule has 0 heteroatoms. The zero-order chi connectivity index (χ0) is 9.38. The third-order valence-electron chi connectivity index (χ3n) is 2.96. The topological polar surface area (TPSA) is 0 Å². The van der Waals surface area contributed by atoms with Gasteiger partial charge < -0.3 is 0 Å². The summed E-state index contributed by atoms with van der Waals surface area (Å²) in [6.07, 6.45) is 13.5. The summed E-state index contributed by atoms with van der Waals surface area (Å²) in [7, 11) is 0. The third kappa shape index (κ3) is 1.15. The van der Waals surface area contributed by atoms with Crippen LogP contribution in [0.1, 0.15) is 0 Å². The van der Waals surface area contributed by atoms with Gasteiger partial charge in [-0.3, -0.25) is 0 Å². The Morgan fingerprint density at radius 1 is 0.714 bits per heavy atom. The Bertz CT molecular complexity index is 468. The van der Waals surface area contributed by atoms with Crippen molar-refractivity contribution in [2.45, 2.75) is 0 Å². The summed E-state index contributed by atoms with van der Waals surface area (Å²) in [6.45, 7) is 0. The first kappa shape index (κ1) is 7.81. The fourth-order valence-electron chi connectivity index (χ4n) is 2.20. The number of fused-ring (bicyclic) bond motifs is 2. The van der Waals surface area contributed by atoms with Crippen molar-refractivity contribution in [1.82, 2.24) is 0 Å². The van der Waals surface area contributed by atoms with Crippen molar-refractivity contribution in [2.75, 3.05) is 0 Å². The van der Waals surface area contributed by atoms with Gasteiger partial charge in [0, 0.05) is 11.8 Å². The average molecular weight is 180 g/mol. The zero-order valence-electron chi connectivity index (χ0n) is 7.93. The Hall–Kier alpha value is -1.56. The highest BCUT2D eigenvalue weighted by atomic mass is 14.2. The highest BCUT2D eigenvalue weighted by molar-refractivity contribution is 5.49. The molecular weight excluding hydrogens is 168 g/mol. The molecule has 0 aliphatic heterocycles. The molecule has 2 atom stereocenters. The van der Waals surface area contributed by atoms with Crippen molar-refractivity contribution in [3.05, 3.63) is 59.0 Å². The number of hydrogen-bond donors (Lipinski definition) is 0. The van der Waals surface area contributed by atoms with E-state index >= 15 is 0 Å². The second-order valence-corrected chi connectivity index (χ2v) is 3.89. The Balaban J connectivity index is 2.26. The summed E-state index contributed by atoms with van der Waals surface area (Å²) in [5, 5.41) is 2.74. The molecule has 0 bridgehead atoms. The maximum absolute atomic E-state index is 2.36. The van der Waals surface area contributed by atoms with Gasteiger partial charge in [0.15, 0.2) is 0 Å². The zero-order valence-corrected chi connectivity index (χ0v) is 7.93. The van der Waals surface area contributed by atoms with Crippen molar-refractivity contribution in [1.29, 1.82) is 0 Å².